The molecule has 2 fully saturated rings. The summed E-state index contributed by atoms with van der Waals surface area (Å²) in [6.07, 6.45) is 2.35. The van der Waals surface area contributed by atoms with Crippen LogP contribution < -0.4 is 10.6 Å². The summed E-state index contributed by atoms with van der Waals surface area (Å²) in [5.74, 6) is -0.280. The summed E-state index contributed by atoms with van der Waals surface area (Å²) in [6.45, 7) is 1.99. The van der Waals surface area contributed by atoms with Crippen LogP contribution in [0.3, 0.4) is 0 Å². The lowest BCUT2D eigenvalue weighted by Gasteiger charge is -2.07. The number of nitrogens with zero attached hydrogens (tertiary/aromatic N) is 1. The topological polar surface area (TPSA) is 70.6 Å². The molecule has 0 radical (unpaired) electrons. The maximum Gasteiger partial charge on any atom is 0.240 e. The Morgan fingerprint density at radius 3 is 2.76 bits per heavy atom. The van der Waals surface area contributed by atoms with Crippen molar-refractivity contribution in [2.24, 2.45) is 4.99 Å². The van der Waals surface area contributed by atoms with Gasteiger partial charge in [-0.1, -0.05) is 29.5 Å². The Balaban J connectivity index is 1.54. The van der Waals surface area contributed by atoms with E-state index in [1.807, 2.05) is 31.2 Å². The van der Waals surface area contributed by atoms with Gasteiger partial charge in [0.05, 0.1) is 6.04 Å². The molecular weight excluding hydrogens is 286 g/mol. The van der Waals surface area contributed by atoms with Crippen molar-refractivity contribution in [3.63, 3.8) is 0 Å². The van der Waals surface area contributed by atoms with Crippen molar-refractivity contribution in [3.05, 3.63) is 29.8 Å². The van der Waals surface area contributed by atoms with E-state index in [0.717, 1.165) is 24.1 Å². The number of amidine groups is 1. The van der Waals surface area contributed by atoms with Gasteiger partial charge < -0.3 is 10.6 Å². The van der Waals surface area contributed by atoms with Crippen LogP contribution in [-0.2, 0) is 9.59 Å². The summed E-state index contributed by atoms with van der Waals surface area (Å²) in [6, 6.07) is 7.96. The van der Waals surface area contributed by atoms with E-state index in [4.69, 9.17) is 0 Å². The summed E-state index contributed by atoms with van der Waals surface area (Å²) in [5, 5.41) is 5.84. The van der Waals surface area contributed by atoms with Crippen LogP contribution in [-0.4, -0.2) is 28.3 Å². The lowest BCUT2D eigenvalue weighted by molar-refractivity contribution is -0.122. The van der Waals surface area contributed by atoms with E-state index >= 15 is 0 Å². The zero-order chi connectivity index (χ0) is 14.8. The van der Waals surface area contributed by atoms with Gasteiger partial charge in [-0.15, -0.1) is 0 Å². The Hall–Kier alpha value is -1.82. The fourth-order valence-corrected chi connectivity index (χ4v) is 3.03. The molecule has 0 aromatic heterocycles. The van der Waals surface area contributed by atoms with Crippen LogP contribution in [0.2, 0.25) is 0 Å². The number of aryl methyl sites for hydroxylation is 1. The molecule has 2 amide bonds. The first kappa shape index (κ1) is 14.1. The van der Waals surface area contributed by atoms with Gasteiger partial charge in [0, 0.05) is 12.1 Å². The predicted molar refractivity (Wildman–Crippen MR) is 84.4 cm³/mol. The van der Waals surface area contributed by atoms with Crippen LogP contribution in [0.25, 0.3) is 0 Å². The Morgan fingerprint density at radius 2 is 2.10 bits per heavy atom. The third-order valence-corrected chi connectivity index (χ3v) is 4.43. The molecule has 1 unspecified atom stereocenters. The van der Waals surface area contributed by atoms with Crippen molar-refractivity contribution in [3.8, 4) is 0 Å². The second-order valence-electron chi connectivity index (χ2n) is 5.38. The molecule has 3 rings (SSSR count). The van der Waals surface area contributed by atoms with Crippen LogP contribution in [0.4, 0.5) is 5.69 Å². The summed E-state index contributed by atoms with van der Waals surface area (Å²) < 4.78 is 0. The molecule has 6 heteroatoms. The zero-order valence-electron chi connectivity index (χ0n) is 11.8. The number of carbonyl (C=O) groups is 2. The van der Waals surface area contributed by atoms with Gasteiger partial charge in [0.2, 0.25) is 11.8 Å². The van der Waals surface area contributed by atoms with Crippen LogP contribution in [0.1, 0.15) is 24.8 Å². The van der Waals surface area contributed by atoms with Gasteiger partial charge >= 0.3 is 0 Å². The fourth-order valence-electron chi connectivity index (χ4n) is 1.99. The van der Waals surface area contributed by atoms with E-state index in [1.165, 1.54) is 11.8 Å². The summed E-state index contributed by atoms with van der Waals surface area (Å²) in [4.78, 5) is 28.2. The van der Waals surface area contributed by atoms with Gasteiger partial charge in [-0.2, -0.15) is 0 Å². The maximum atomic E-state index is 12.0. The molecule has 1 aliphatic carbocycles. The van der Waals surface area contributed by atoms with Gasteiger partial charge in [0.25, 0.3) is 0 Å². The number of carbonyl (C=O) groups excluding carboxylic acids is 2. The Morgan fingerprint density at radius 1 is 1.38 bits per heavy atom. The molecule has 1 aliphatic heterocycles. The first-order valence-electron chi connectivity index (χ1n) is 7.02. The highest BCUT2D eigenvalue weighted by atomic mass is 32.2. The Bertz CT molecular complexity index is 593. The highest BCUT2D eigenvalue weighted by Gasteiger charge is 2.33. The van der Waals surface area contributed by atoms with E-state index in [0.29, 0.717) is 11.2 Å². The van der Waals surface area contributed by atoms with E-state index in [1.54, 1.807) is 0 Å². The fraction of sp³-hybridized carbons (Fsp3) is 0.400. The minimum absolute atomic E-state index is 0.126. The Kier molecular flexibility index (Phi) is 3.96. The third-order valence-electron chi connectivity index (χ3n) is 3.33. The summed E-state index contributed by atoms with van der Waals surface area (Å²) in [5.41, 5.74) is 1.89. The first-order chi connectivity index (χ1) is 10.1. The molecule has 1 atom stereocenters. The van der Waals surface area contributed by atoms with Crippen molar-refractivity contribution in [2.45, 2.75) is 37.5 Å². The standard InChI is InChI=1S/C15H17N3O2S/c1-9-2-4-10(5-3-9)16-13(19)8-12-14(20)18-15(21-12)17-11-6-7-11/h2-5,11-12H,6-8H2,1H3,(H,16,19)(H,17,18,20). The van der Waals surface area contributed by atoms with Gasteiger partial charge in [0.1, 0.15) is 5.25 Å². The first-order valence-corrected chi connectivity index (χ1v) is 7.90. The SMILES string of the molecule is Cc1ccc(NC(=O)CC2SC(=NC3CC3)NC2=O)cc1. The number of thioether (sulfide) groups is 1. The monoisotopic (exact) mass is 303 g/mol. The van der Waals surface area contributed by atoms with Crippen molar-refractivity contribution in [2.75, 3.05) is 5.32 Å². The molecule has 5 nitrogen and oxygen atoms in total. The van der Waals surface area contributed by atoms with Crippen molar-refractivity contribution < 1.29 is 9.59 Å². The average Bonchev–Trinajstić information content (AvgIpc) is 3.18. The van der Waals surface area contributed by atoms with Crippen molar-refractivity contribution in [1.82, 2.24) is 5.32 Å². The molecule has 2 N–H and O–H groups in total. The van der Waals surface area contributed by atoms with Crippen LogP contribution >= 0.6 is 11.8 Å². The van der Waals surface area contributed by atoms with Gasteiger partial charge in [0.15, 0.2) is 5.17 Å². The number of nitrogens with one attached hydrogen (secondary N) is 2. The smallest absolute Gasteiger partial charge is 0.240 e. The molecular formula is C15H17N3O2S. The lowest BCUT2D eigenvalue weighted by atomic mass is 10.2. The molecule has 2 aliphatic rings. The van der Waals surface area contributed by atoms with E-state index in [9.17, 15) is 9.59 Å². The second kappa shape index (κ2) is 5.89. The number of aliphatic imine (C=N–C) groups is 1. The number of benzene rings is 1. The van der Waals surface area contributed by atoms with Gasteiger partial charge in [-0.05, 0) is 31.9 Å². The number of anilines is 1. The molecule has 1 aromatic carbocycles. The van der Waals surface area contributed by atoms with E-state index in [2.05, 4.69) is 15.6 Å². The molecule has 1 saturated heterocycles. The average molecular weight is 303 g/mol. The largest absolute Gasteiger partial charge is 0.326 e. The molecule has 0 spiro atoms. The maximum absolute atomic E-state index is 12.0. The number of rotatable bonds is 4. The number of hydrogen-bond donors (Lipinski definition) is 2. The molecule has 1 aromatic rings. The zero-order valence-corrected chi connectivity index (χ0v) is 12.6. The highest BCUT2D eigenvalue weighted by molar-refractivity contribution is 8.15. The van der Waals surface area contributed by atoms with Crippen molar-refractivity contribution in [1.29, 1.82) is 0 Å². The third kappa shape index (κ3) is 3.85. The normalized spacial score (nSPS) is 23.2. The number of amides is 2. The molecule has 1 saturated carbocycles. The quantitative estimate of drug-likeness (QED) is 0.894. The van der Waals surface area contributed by atoms with E-state index < -0.39 is 0 Å². The number of hydrogen-bond acceptors (Lipinski definition) is 4. The minimum atomic E-state index is -0.382. The second-order valence-corrected chi connectivity index (χ2v) is 6.57. The van der Waals surface area contributed by atoms with Crippen LogP contribution in [0.5, 0.6) is 0 Å². The van der Waals surface area contributed by atoms with Gasteiger partial charge in [-0.25, -0.2) is 0 Å². The van der Waals surface area contributed by atoms with E-state index in [-0.39, 0.29) is 23.5 Å². The summed E-state index contributed by atoms with van der Waals surface area (Å²) >= 11 is 1.36. The Labute approximate surface area is 127 Å². The molecule has 0 bridgehead atoms. The molecule has 1 heterocycles. The molecule has 110 valence electrons. The predicted octanol–water partition coefficient (Wildman–Crippen LogP) is 2.07. The summed E-state index contributed by atoms with van der Waals surface area (Å²) in [7, 11) is 0. The minimum Gasteiger partial charge on any atom is -0.326 e. The van der Waals surface area contributed by atoms with Crippen molar-refractivity contribution >= 4 is 34.4 Å². The van der Waals surface area contributed by atoms with Gasteiger partial charge in [-0.3, -0.25) is 14.6 Å². The van der Waals surface area contributed by atoms with Crippen LogP contribution in [0.15, 0.2) is 29.3 Å². The lowest BCUT2D eigenvalue weighted by Crippen LogP contribution is -2.28. The van der Waals surface area contributed by atoms with Crippen LogP contribution in [0, 0.1) is 6.92 Å². The highest BCUT2D eigenvalue weighted by Crippen LogP contribution is 2.29. The molecule has 21 heavy (non-hydrogen) atoms.